The molecule has 82 valence electrons. The molecule has 0 radical (unpaired) electrons. The van der Waals surface area contributed by atoms with Crippen molar-refractivity contribution in [3.05, 3.63) is 29.3 Å². The molecule has 0 amide bonds. The number of fused-ring (bicyclic) bond motifs is 1. The Hall–Kier alpha value is -1.53. The van der Waals surface area contributed by atoms with Gasteiger partial charge in [-0.1, -0.05) is 12.1 Å². The first-order valence-electron chi connectivity index (χ1n) is 5.55. The Balaban J connectivity index is 1.97. The molecule has 3 rings (SSSR count). The Morgan fingerprint density at radius 2 is 2.25 bits per heavy atom. The van der Waals surface area contributed by atoms with Gasteiger partial charge in [-0.2, -0.15) is 5.26 Å². The van der Waals surface area contributed by atoms with Gasteiger partial charge < -0.3 is 9.47 Å². The molecule has 0 spiro atoms. The van der Waals surface area contributed by atoms with Crippen molar-refractivity contribution >= 4 is 0 Å². The molecule has 2 heterocycles. The van der Waals surface area contributed by atoms with E-state index >= 15 is 0 Å². The summed E-state index contributed by atoms with van der Waals surface area (Å²) in [7, 11) is 0. The van der Waals surface area contributed by atoms with E-state index in [0.29, 0.717) is 19.6 Å². The molecular formula is C13H13NO2. The third-order valence-electron chi connectivity index (χ3n) is 3.48. The van der Waals surface area contributed by atoms with Crippen molar-refractivity contribution in [2.45, 2.75) is 18.3 Å². The Bertz CT molecular complexity index is 457. The smallest absolute Gasteiger partial charge is 0.122 e. The van der Waals surface area contributed by atoms with E-state index in [0.717, 1.165) is 18.8 Å². The Labute approximate surface area is 94.6 Å². The summed E-state index contributed by atoms with van der Waals surface area (Å²) in [6, 6.07) is 8.54. The van der Waals surface area contributed by atoms with Crippen LogP contribution < -0.4 is 4.74 Å². The van der Waals surface area contributed by atoms with Crippen LogP contribution in [0.4, 0.5) is 0 Å². The van der Waals surface area contributed by atoms with Gasteiger partial charge in [0, 0.05) is 12.8 Å². The third kappa shape index (κ3) is 1.30. The lowest BCUT2D eigenvalue weighted by molar-refractivity contribution is -0.0577. The molecule has 1 aromatic rings. The van der Waals surface area contributed by atoms with Crippen LogP contribution in [-0.2, 0) is 16.6 Å². The maximum absolute atomic E-state index is 8.89. The van der Waals surface area contributed by atoms with Crippen LogP contribution in [0.1, 0.15) is 17.5 Å². The third-order valence-corrected chi connectivity index (χ3v) is 3.48. The van der Waals surface area contributed by atoms with E-state index in [2.05, 4.69) is 18.2 Å². The van der Waals surface area contributed by atoms with E-state index in [1.54, 1.807) is 0 Å². The fourth-order valence-corrected chi connectivity index (χ4v) is 2.39. The van der Waals surface area contributed by atoms with Gasteiger partial charge >= 0.3 is 0 Å². The van der Waals surface area contributed by atoms with Crippen LogP contribution in [0, 0.1) is 11.3 Å². The van der Waals surface area contributed by atoms with Gasteiger partial charge in [0.2, 0.25) is 0 Å². The number of benzene rings is 1. The summed E-state index contributed by atoms with van der Waals surface area (Å²) in [6.07, 6.45) is 1.51. The zero-order valence-corrected chi connectivity index (χ0v) is 9.03. The molecule has 0 unspecified atom stereocenters. The maximum atomic E-state index is 8.89. The largest absolute Gasteiger partial charge is 0.493 e. The Morgan fingerprint density at radius 1 is 1.38 bits per heavy atom. The predicted octanol–water partition coefficient (Wildman–Crippen LogP) is 1.80. The van der Waals surface area contributed by atoms with E-state index in [1.165, 1.54) is 11.1 Å². The molecule has 16 heavy (non-hydrogen) atoms. The van der Waals surface area contributed by atoms with Crippen LogP contribution in [0.15, 0.2) is 18.2 Å². The van der Waals surface area contributed by atoms with Crippen molar-refractivity contribution in [1.29, 1.82) is 5.26 Å². The van der Waals surface area contributed by atoms with Crippen LogP contribution in [-0.4, -0.2) is 19.8 Å². The van der Waals surface area contributed by atoms with Crippen molar-refractivity contribution in [1.82, 2.24) is 0 Å². The molecule has 0 aliphatic carbocycles. The first-order chi connectivity index (χ1) is 7.84. The summed E-state index contributed by atoms with van der Waals surface area (Å²) in [5.74, 6) is 0.996. The minimum Gasteiger partial charge on any atom is -0.493 e. The molecular weight excluding hydrogens is 202 g/mol. The van der Waals surface area contributed by atoms with Gasteiger partial charge in [0.25, 0.3) is 0 Å². The van der Waals surface area contributed by atoms with Gasteiger partial charge in [-0.3, -0.25) is 0 Å². The van der Waals surface area contributed by atoms with E-state index in [1.807, 2.05) is 6.07 Å². The average molecular weight is 215 g/mol. The van der Waals surface area contributed by atoms with Crippen molar-refractivity contribution in [2.75, 3.05) is 19.8 Å². The van der Waals surface area contributed by atoms with Gasteiger partial charge in [-0.05, 0) is 17.2 Å². The van der Waals surface area contributed by atoms with Crippen LogP contribution in [0.3, 0.4) is 0 Å². The molecule has 3 heteroatoms. The van der Waals surface area contributed by atoms with Crippen LogP contribution in [0.25, 0.3) is 0 Å². The number of hydrogen-bond donors (Lipinski definition) is 0. The van der Waals surface area contributed by atoms with Crippen molar-refractivity contribution < 1.29 is 9.47 Å². The molecule has 2 aliphatic heterocycles. The van der Waals surface area contributed by atoms with Crippen molar-refractivity contribution in [3.63, 3.8) is 0 Å². The monoisotopic (exact) mass is 215 g/mol. The number of hydrogen-bond acceptors (Lipinski definition) is 3. The average Bonchev–Trinajstić information content (AvgIpc) is 2.70. The predicted molar refractivity (Wildman–Crippen MR) is 58.4 cm³/mol. The molecule has 0 aromatic heterocycles. The molecule has 1 fully saturated rings. The van der Waals surface area contributed by atoms with Gasteiger partial charge in [-0.15, -0.1) is 0 Å². The zero-order chi connectivity index (χ0) is 11.0. The Morgan fingerprint density at radius 3 is 2.94 bits per heavy atom. The lowest BCUT2D eigenvalue weighted by Gasteiger charge is -2.40. The molecule has 2 aliphatic rings. The van der Waals surface area contributed by atoms with Gasteiger partial charge in [-0.25, -0.2) is 0 Å². The summed E-state index contributed by atoms with van der Waals surface area (Å²) < 4.78 is 10.8. The second kappa shape index (κ2) is 3.50. The minimum atomic E-state index is -0.0631. The molecule has 1 aromatic carbocycles. The maximum Gasteiger partial charge on any atom is 0.122 e. The first kappa shape index (κ1) is 9.68. The summed E-state index contributed by atoms with van der Waals surface area (Å²) in [4.78, 5) is 0. The lowest BCUT2D eigenvalue weighted by Crippen LogP contribution is -2.46. The molecule has 0 atom stereocenters. The van der Waals surface area contributed by atoms with E-state index in [-0.39, 0.29) is 5.41 Å². The highest BCUT2D eigenvalue weighted by Crippen LogP contribution is 2.38. The van der Waals surface area contributed by atoms with E-state index in [4.69, 9.17) is 14.7 Å². The van der Waals surface area contributed by atoms with E-state index < -0.39 is 0 Å². The highest BCUT2D eigenvalue weighted by molar-refractivity contribution is 5.43. The molecule has 0 saturated carbocycles. The summed E-state index contributed by atoms with van der Waals surface area (Å²) in [5.41, 5.74) is 2.43. The van der Waals surface area contributed by atoms with Gasteiger partial charge in [0.15, 0.2) is 0 Å². The second-order valence-corrected chi connectivity index (χ2v) is 4.53. The van der Waals surface area contributed by atoms with Crippen LogP contribution >= 0.6 is 0 Å². The molecule has 1 saturated heterocycles. The standard InChI is InChI=1S/C13H13NO2/c14-5-4-13(8-15-9-13)11-1-2-12-10(7-11)3-6-16-12/h1-2,7H,3-4,6,8-9H2. The number of ether oxygens (including phenoxy) is 2. The highest BCUT2D eigenvalue weighted by atomic mass is 16.5. The topological polar surface area (TPSA) is 42.2 Å². The molecule has 0 N–H and O–H groups in total. The quantitative estimate of drug-likeness (QED) is 0.755. The van der Waals surface area contributed by atoms with E-state index in [9.17, 15) is 0 Å². The number of nitriles is 1. The summed E-state index contributed by atoms with van der Waals surface area (Å²) in [5, 5.41) is 8.89. The van der Waals surface area contributed by atoms with Crippen molar-refractivity contribution in [3.8, 4) is 11.8 Å². The normalized spacial score (nSPS) is 20.4. The second-order valence-electron chi connectivity index (χ2n) is 4.53. The summed E-state index contributed by atoms with van der Waals surface area (Å²) >= 11 is 0. The van der Waals surface area contributed by atoms with Gasteiger partial charge in [0.1, 0.15) is 5.75 Å². The zero-order valence-electron chi connectivity index (χ0n) is 9.03. The fraction of sp³-hybridized carbons (Fsp3) is 0.462. The Kier molecular flexibility index (Phi) is 2.12. The van der Waals surface area contributed by atoms with Crippen molar-refractivity contribution in [2.24, 2.45) is 0 Å². The van der Waals surface area contributed by atoms with Crippen LogP contribution in [0.2, 0.25) is 0 Å². The first-order valence-corrected chi connectivity index (χ1v) is 5.55. The highest BCUT2D eigenvalue weighted by Gasteiger charge is 2.40. The SMILES string of the molecule is N#CCC1(c2ccc3c(c2)CCO3)COC1. The fourth-order valence-electron chi connectivity index (χ4n) is 2.39. The molecule has 3 nitrogen and oxygen atoms in total. The lowest BCUT2D eigenvalue weighted by atomic mass is 9.76. The minimum absolute atomic E-state index is 0.0631. The molecule has 0 bridgehead atoms. The van der Waals surface area contributed by atoms with Crippen LogP contribution in [0.5, 0.6) is 5.75 Å². The summed E-state index contributed by atoms with van der Waals surface area (Å²) in [6.45, 7) is 2.11. The number of nitrogens with zero attached hydrogens (tertiary/aromatic N) is 1. The number of rotatable bonds is 2. The van der Waals surface area contributed by atoms with Gasteiger partial charge in [0.05, 0.1) is 31.3 Å².